The van der Waals surface area contributed by atoms with Gasteiger partial charge in [-0.25, -0.2) is 8.42 Å². The SMILES string of the molecule is CCNCC(CCS(=O)(=O)C(C)C)CC(C)C. The Hall–Kier alpha value is -0.0900. The highest BCUT2D eigenvalue weighted by molar-refractivity contribution is 7.91. The van der Waals surface area contributed by atoms with Crippen molar-refractivity contribution in [3.8, 4) is 0 Å². The molecule has 17 heavy (non-hydrogen) atoms. The average molecular weight is 263 g/mol. The van der Waals surface area contributed by atoms with Crippen LogP contribution in [-0.2, 0) is 9.84 Å². The molecule has 0 aromatic carbocycles. The Morgan fingerprint density at radius 3 is 2.12 bits per heavy atom. The Balaban J connectivity index is 4.24. The van der Waals surface area contributed by atoms with E-state index in [1.54, 1.807) is 13.8 Å². The molecule has 0 saturated heterocycles. The standard InChI is InChI=1S/C13H29NO2S/c1-6-14-10-13(9-11(2)3)7-8-17(15,16)12(4)5/h11-14H,6-10H2,1-5H3. The zero-order chi connectivity index (χ0) is 13.5. The minimum atomic E-state index is -2.88. The molecule has 0 rings (SSSR count). The maximum atomic E-state index is 11.8. The summed E-state index contributed by atoms with van der Waals surface area (Å²) in [5.41, 5.74) is 0. The van der Waals surface area contributed by atoms with Gasteiger partial charge in [0.2, 0.25) is 0 Å². The average Bonchev–Trinajstić information content (AvgIpc) is 2.21. The molecule has 0 saturated carbocycles. The lowest BCUT2D eigenvalue weighted by atomic mass is 9.95. The first-order chi connectivity index (χ1) is 7.79. The van der Waals surface area contributed by atoms with Gasteiger partial charge in [0.1, 0.15) is 0 Å². The molecule has 0 bridgehead atoms. The van der Waals surface area contributed by atoms with Crippen molar-refractivity contribution in [3.63, 3.8) is 0 Å². The zero-order valence-electron chi connectivity index (χ0n) is 12.0. The molecular formula is C13H29NO2S. The lowest BCUT2D eigenvalue weighted by molar-refractivity contribution is 0.380. The summed E-state index contributed by atoms with van der Waals surface area (Å²) >= 11 is 0. The molecule has 0 aliphatic carbocycles. The molecule has 104 valence electrons. The van der Waals surface area contributed by atoms with E-state index in [9.17, 15) is 8.42 Å². The lowest BCUT2D eigenvalue weighted by Crippen LogP contribution is -2.27. The van der Waals surface area contributed by atoms with Crippen molar-refractivity contribution in [1.82, 2.24) is 5.32 Å². The van der Waals surface area contributed by atoms with Crippen LogP contribution in [0.4, 0.5) is 0 Å². The summed E-state index contributed by atoms with van der Waals surface area (Å²) in [7, 11) is -2.88. The molecule has 0 aromatic heterocycles. The molecular weight excluding hydrogens is 234 g/mol. The Kier molecular flexibility index (Phi) is 8.05. The van der Waals surface area contributed by atoms with Gasteiger partial charge in [0.05, 0.1) is 11.0 Å². The molecule has 1 unspecified atom stereocenters. The van der Waals surface area contributed by atoms with Crippen LogP contribution in [0.15, 0.2) is 0 Å². The van der Waals surface area contributed by atoms with Gasteiger partial charge in [0.25, 0.3) is 0 Å². The molecule has 0 amide bonds. The first kappa shape index (κ1) is 16.9. The number of sulfone groups is 1. The number of hydrogen-bond donors (Lipinski definition) is 1. The maximum absolute atomic E-state index is 11.8. The largest absolute Gasteiger partial charge is 0.317 e. The minimum absolute atomic E-state index is 0.249. The third-order valence-electron chi connectivity index (χ3n) is 3.02. The molecule has 0 spiro atoms. The summed E-state index contributed by atoms with van der Waals surface area (Å²) in [5.74, 6) is 1.43. The molecule has 0 aliphatic rings. The molecule has 0 fully saturated rings. The van der Waals surface area contributed by atoms with Crippen LogP contribution in [0.2, 0.25) is 0 Å². The van der Waals surface area contributed by atoms with Crippen molar-refractivity contribution >= 4 is 9.84 Å². The molecule has 0 aromatic rings. The molecule has 1 atom stereocenters. The van der Waals surface area contributed by atoms with Gasteiger partial charge in [-0.1, -0.05) is 20.8 Å². The Morgan fingerprint density at radius 1 is 1.12 bits per heavy atom. The van der Waals surface area contributed by atoms with E-state index in [1.165, 1.54) is 0 Å². The molecule has 1 N–H and O–H groups in total. The molecule has 0 radical (unpaired) electrons. The van der Waals surface area contributed by atoms with E-state index in [0.29, 0.717) is 17.6 Å². The first-order valence-electron chi connectivity index (χ1n) is 6.71. The van der Waals surface area contributed by atoms with Crippen molar-refractivity contribution in [3.05, 3.63) is 0 Å². The van der Waals surface area contributed by atoms with Gasteiger partial charge in [-0.2, -0.15) is 0 Å². The maximum Gasteiger partial charge on any atom is 0.152 e. The van der Waals surface area contributed by atoms with Crippen LogP contribution in [0, 0.1) is 11.8 Å². The van der Waals surface area contributed by atoms with Crippen LogP contribution in [0.3, 0.4) is 0 Å². The number of nitrogens with one attached hydrogen (secondary N) is 1. The smallest absolute Gasteiger partial charge is 0.152 e. The van der Waals surface area contributed by atoms with E-state index in [-0.39, 0.29) is 5.25 Å². The highest BCUT2D eigenvalue weighted by Crippen LogP contribution is 2.17. The van der Waals surface area contributed by atoms with Gasteiger partial charge in [0, 0.05) is 0 Å². The van der Waals surface area contributed by atoms with Crippen molar-refractivity contribution in [1.29, 1.82) is 0 Å². The summed E-state index contributed by atoms with van der Waals surface area (Å²) in [6.07, 6.45) is 1.88. The minimum Gasteiger partial charge on any atom is -0.317 e. The molecule has 0 aliphatic heterocycles. The second-order valence-electron chi connectivity index (χ2n) is 5.51. The van der Waals surface area contributed by atoms with Crippen molar-refractivity contribution in [2.45, 2.75) is 52.7 Å². The van der Waals surface area contributed by atoms with E-state index >= 15 is 0 Å². The number of rotatable bonds is 9. The summed E-state index contributed by atoms with van der Waals surface area (Å²) < 4.78 is 23.5. The summed E-state index contributed by atoms with van der Waals surface area (Å²) in [6.45, 7) is 11.9. The highest BCUT2D eigenvalue weighted by atomic mass is 32.2. The third kappa shape index (κ3) is 7.77. The molecule has 4 heteroatoms. The van der Waals surface area contributed by atoms with E-state index in [4.69, 9.17) is 0 Å². The quantitative estimate of drug-likeness (QED) is 0.695. The van der Waals surface area contributed by atoms with E-state index < -0.39 is 9.84 Å². The van der Waals surface area contributed by atoms with E-state index in [0.717, 1.165) is 25.9 Å². The normalized spacial score (nSPS) is 14.5. The van der Waals surface area contributed by atoms with Crippen molar-refractivity contribution in [2.75, 3.05) is 18.8 Å². The predicted octanol–water partition coefficient (Wildman–Crippen LogP) is 2.47. The highest BCUT2D eigenvalue weighted by Gasteiger charge is 2.19. The van der Waals surface area contributed by atoms with Gasteiger partial charge >= 0.3 is 0 Å². The molecule has 3 nitrogen and oxygen atoms in total. The van der Waals surface area contributed by atoms with Gasteiger partial charge in [-0.15, -0.1) is 0 Å². The second kappa shape index (κ2) is 8.09. The van der Waals surface area contributed by atoms with Gasteiger partial charge in [-0.3, -0.25) is 0 Å². The van der Waals surface area contributed by atoms with Crippen LogP contribution in [-0.4, -0.2) is 32.5 Å². The van der Waals surface area contributed by atoms with Crippen LogP contribution in [0.1, 0.15) is 47.5 Å². The third-order valence-corrected chi connectivity index (χ3v) is 5.26. The van der Waals surface area contributed by atoms with Gasteiger partial charge in [0.15, 0.2) is 9.84 Å². The molecule has 0 heterocycles. The monoisotopic (exact) mass is 263 g/mol. The second-order valence-corrected chi connectivity index (χ2v) is 8.18. The fraction of sp³-hybridized carbons (Fsp3) is 1.00. The Labute approximate surface area is 107 Å². The van der Waals surface area contributed by atoms with Gasteiger partial charge < -0.3 is 5.32 Å². The number of hydrogen-bond acceptors (Lipinski definition) is 3. The van der Waals surface area contributed by atoms with Crippen LogP contribution < -0.4 is 5.32 Å². The summed E-state index contributed by atoms with van der Waals surface area (Å²) in [6, 6.07) is 0. The van der Waals surface area contributed by atoms with Crippen LogP contribution >= 0.6 is 0 Å². The zero-order valence-corrected chi connectivity index (χ0v) is 12.8. The predicted molar refractivity (Wildman–Crippen MR) is 75.0 cm³/mol. The first-order valence-corrected chi connectivity index (χ1v) is 8.43. The van der Waals surface area contributed by atoms with Crippen molar-refractivity contribution < 1.29 is 8.42 Å². The van der Waals surface area contributed by atoms with Gasteiger partial charge in [-0.05, 0) is 51.6 Å². The van der Waals surface area contributed by atoms with Crippen LogP contribution in [0.25, 0.3) is 0 Å². The Morgan fingerprint density at radius 2 is 1.71 bits per heavy atom. The topological polar surface area (TPSA) is 46.2 Å². The lowest BCUT2D eigenvalue weighted by Gasteiger charge is -2.20. The summed E-state index contributed by atoms with van der Waals surface area (Å²) in [4.78, 5) is 0. The fourth-order valence-corrected chi connectivity index (χ4v) is 3.02. The fourth-order valence-electron chi connectivity index (χ4n) is 1.89. The Bertz CT molecular complexity index is 284. The van der Waals surface area contributed by atoms with Crippen LogP contribution in [0.5, 0.6) is 0 Å². The van der Waals surface area contributed by atoms with Crippen molar-refractivity contribution in [2.24, 2.45) is 11.8 Å². The van der Waals surface area contributed by atoms with E-state index in [2.05, 4.69) is 26.1 Å². The summed E-state index contributed by atoms with van der Waals surface area (Å²) in [5, 5.41) is 3.08. The van der Waals surface area contributed by atoms with E-state index in [1.807, 2.05) is 0 Å².